The number of hydrogen-bond donors (Lipinski definition) is 1. The molecule has 0 bridgehead atoms. The lowest BCUT2D eigenvalue weighted by Gasteiger charge is -2.14. The van der Waals surface area contributed by atoms with Crippen LogP contribution in [-0.4, -0.2) is 32.9 Å². The molecule has 0 aliphatic carbocycles. The minimum absolute atomic E-state index is 0.250. The predicted molar refractivity (Wildman–Crippen MR) is 78.9 cm³/mol. The normalized spacial score (nSPS) is 22.3. The summed E-state index contributed by atoms with van der Waals surface area (Å²) in [5.74, 6) is 1.18. The van der Waals surface area contributed by atoms with Gasteiger partial charge in [-0.05, 0) is 42.0 Å². The lowest BCUT2D eigenvalue weighted by Crippen LogP contribution is -2.19. The van der Waals surface area contributed by atoms with Crippen LogP contribution in [0.2, 0.25) is 0 Å². The number of hydrogen-bond acceptors (Lipinski definition) is 5. The number of halogens is 1. The van der Waals surface area contributed by atoms with E-state index in [4.69, 9.17) is 10.5 Å². The van der Waals surface area contributed by atoms with E-state index in [0.29, 0.717) is 11.6 Å². The Morgan fingerprint density at radius 2 is 2.30 bits per heavy atom. The van der Waals surface area contributed by atoms with E-state index in [2.05, 4.69) is 38.4 Å². The molecule has 1 aromatic carbocycles. The van der Waals surface area contributed by atoms with Crippen molar-refractivity contribution >= 4 is 21.6 Å². The summed E-state index contributed by atoms with van der Waals surface area (Å²) in [5, 5.41) is 12.0. The molecule has 106 valence electrons. The fraction of sp³-hybridized carbons (Fsp3) is 0.462. The van der Waals surface area contributed by atoms with E-state index in [0.717, 1.165) is 35.4 Å². The van der Waals surface area contributed by atoms with Crippen molar-refractivity contribution in [2.24, 2.45) is 5.92 Å². The molecule has 0 amide bonds. The Hall–Kier alpha value is -1.47. The van der Waals surface area contributed by atoms with Gasteiger partial charge in [-0.3, -0.25) is 0 Å². The maximum Gasteiger partial charge on any atom is 0.182 e. The molecule has 2 atom stereocenters. The fourth-order valence-electron chi connectivity index (χ4n) is 2.51. The van der Waals surface area contributed by atoms with Gasteiger partial charge in [0.25, 0.3) is 0 Å². The Morgan fingerprint density at radius 3 is 3.00 bits per heavy atom. The Labute approximate surface area is 125 Å². The summed E-state index contributed by atoms with van der Waals surface area (Å²) in [6.45, 7) is 3.67. The number of nitrogen functional groups attached to an aromatic ring is 1. The van der Waals surface area contributed by atoms with E-state index in [-0.39, 0.29) is 6.10 Å². The van der Waals surface area contributed by atoms with Crippen LogP contribution in [0.1, 0.15) is 13.3 Å². The molecule has 2 N–H and O–H groups in total. The lowest BCUT2D eigenvalue weighted by molar-refractivity contribution is 0.101. The average Bonchev–Trinajstić information content (AvgIpc) is 2.99. The summed E-state index contributed by atoms with van der Waals surface area (Å²) in [4.78, 5) is 0. The van der Waals surface area contributed by atoms with Crippen molar-refractivity contribution in [3.05, 3.63) is 22.7 Å². The van der Waals surface area contributed by atoms with Crippen molar-refractivity contribution in [1.82, 2.24) is 20.2 Å². The van der Waals surface area contributed by atoms with Crippen LogP contribution in [0, 0.1) is 5.92 Å². The van der Waals surface area contributed by atoms with E-state index < -0.39 is 0 Å². The van der Waals surface area contributed by atoms with E-state index in [1.165, 1.54) is 0 Å². The Kier molecular flexibility index (Phi) is 3.71. The van der Waals surface area contributed by atoms with Crippen LogP contribution < -0.4 is 5.73 Å². The van der Waals surface area contributed by atoms with Gasteiger partial charge in [-0.2, -0.15) is 0 Å². The van der Waals surface area contributed by atoms with Crippen LogP contribution in [0.15, 0.2) is 22.7 Å². The first kappa shape index (κ1) is 13.5. The quantitative estimate of drug-likeness (QED) is 0.867. The van der Waals surface area contributed by atoms with Crippen LogP contribution in [0.3, 0.4) is 0 Å². The standard InChI is InChI=1S/C13H16BrN5O/c1-8-9(2-3-20-8)7-19-13(16-17-18-19)10-4-11(14)6-12(15)5-10/h4-6,8-9H,2-3,7,15H2,1H3. The van der Waals surface area contributed by atoms with Gasteiger partial charge in [-0.15, -0.1) is 5.10 Å². The Morgan fingerprint density at radius 1 is 1.45 bits per heavy atom. The summed E-state index contributed by atoms with van der Waals surface area (Å²) in [7, 11) is 0. The van der Waals surface area contributed by atoms with Crippen LogP contribution in [0.5, 0.6) is 0 Å². The monoisotopic (exact) mass is 337 g/mol. The van der Waals surface area contributed by atoms with E-state index in [9.17, 15) is 0 Å². The van der Waals surface area contributed by atoms with Gasteiger partial charge in [0.05, 0.1) is 12.6 Å². The van der Waals surface area contributed by atoms with Crippen molar-refractivity contribution in [3.63, 3.8) is 0 Å². The van der Waals surface area contributed by atoms with E-state index in [1.807, 2.05) is 22.9 Å². The second kappa shape index (κ2) is 5.49. The van der Waals surface area contributed by atoms with Crippen molar-refractivity contribution in [2.75, 3.05) is 12.3 Å². The molecule has 1 aromatic heterocycles. The molecule has 0 spiro atoms. The summed E-state index contributed by atoms with van der Waals surface area (Å²) in [5.41, 5.74) is 7.47. The first-order valence-corrected chi connectivity index (χ1v) is 7.37. The molecule has 0 radical (unpaired) electrons. The number of nitrogens with two attached hydrogens (primary N) is 1. The van der Waals surface area contributed by atoms with Crippen molar-refractivity contribution in [3.8, 4) is 11.4 Å². The number of anilines is 1. The lowest BCUT2D eigenvalue weighted by atomic mass is 10.0. The predicted octanol–water partition coefficient (Wildman–Crippen LogP) is 2.11. The highest BCUT2D eigenvalue weighted by molar-refractivity contribution is 9.10. The number of tetrazole rings is 1. The van der Waals surface area contributed by atoms with Gasteiger partial charge >= 0.3 is 0 Å². The summed E-state index contributed by atoms with van der Waals surface area (Å²) >= 11 is 3.44. The van der Waals surface area contributed by atoms with Gasteiger partial charge in [0.1, 0.15) is 0 Å². The highest BCUT2D eigenvalue weighted by Crippen LogP contribution is 2.27. The smallest absolute Gasteiger partial charge is 0.182 e. The number of benzene rings is 1. The molecule has 7 heteroatoms. The third-order valence-corrected chi connectivity index (χ3v) is 4.11. The molecule has 2 heterocycles. The van der Waals surface area contributed by atoms with Crippen molar-refractivity contribution < 1.29 is 4.74 Å². The van der Waals surface area contributed by atoms with E-state index in [1.54, 1.807) is 0 Å². The van der Waals surface area contributed by atoms with Crippen LogP contribution in [0.25, 0.3) is 11.4 Å². The zero-order chi connectivity index (χ0) is 14.1. The van der Waals surface area contributed by atoms with Crippen LogP contribution >= 0.6 is 15.9 Å². The first-order chi connectivity index (χ1) is 9.63. The second-order valence-electron chi connectivity index (χ2n) is 5.08. The number of ether oxygens (including phenoxy) is 1. The third-order valence-electron chi connectivity index (χ3n) is 3.65. The zero-order valence-corrected chi connectivity index (χ0v) is 12.7. The molecule has 1 saturated heterocycles. The van der Waals surface area contributed by atoms with Crippen LogP contribution in [-0.2, 0) is 11.3 Å². The molecule has 1 fully saturated rings. The molecule has 3 rings (SSSR count). The fourth-order valence-corrected chi connectivity index (χ4v) is 3.02. The Balaban J connectivity index is 1.89. The summed E-state index contributed by atoms with van der Waals surface area (Å²) < 4.78 is 8.34. The molecule has 20 heavy (non-hydrogen) atoms. The highest BCUT2D eigenvalue weighted by Gasteiger charge is 2.26. The maximum atomic E-state index is 5.87. The third kappa shape index (κ3) is 2.69. The first-order valence-electron chi connectivity index (χ1n) is 6.57. The topological polar surface area (TPSA) is 78.8 Å². The summed E-state index contributed by atoms with van der Waals surface area (Å²) in [6.07, 6.45) is 1.29. The van der Waals surface area contributed by atoms with Gasteiger partial charge < -0.3 is 10.5 Å². The SMILES string of the molecule is CC1OCCC1Cn1nnnc1-c1cc(N)cc(Br)c1. The second-order valence-corrected chi connectivity index (χ2v) is 6.00. The van der Waals surface area contributed by atoms with Crippen molar-refractivity contribution in [2.45, 2.75) is 26.0 Å². The Bertz CT molecular complexity index is 594. The highest BCUT2D eigenvalue weighted by atomic mass is 79.9. The minimum atomic E-state index is 0.250. The van der Waals surface area contributed by atoms with Gasteiger partial charge in [0.15, 0.2) is 5.82 Å². The zero-order valence-electron chi connectivity index (χ0n) is 11.2. The molecule has 0 saturated carbocycles. The van der Waals surface area contributed by atoms with E-state index >= 15 is 0 Å². The van der Waals surface area contributed by atoms with Crippen molar-refractivity contribution in [1.29, 1.82) is 0 Å². The largest absolute Gasteiger partial charge is 0.399 e. The van der Waals surface area contributed by atoms with Crippen LogP contribution in [0.4, 0.5) is 5.69 Å². The molecule has 2 aromatic rings. The average molecular weight is 338 g/mol. The van der Waals surface area contributed by atoms with Gasteiger partial charge in [-0.25, -0.2) is 4.68 Å². The minimum Gasteiger partial charge on any atom is -0.399 e. The molecular weight excluding hydrogens is 322 g/mol. The van der Waals surface area contributed by atoms with Gasteiger partial charge in [0.2, 0.25) is 0 Å². The maximum absolute atomic E-state index is 5.87. The number of aromatic nitrogens is 4. The number of nitrogens with zero attached hydrogens (tertiary/aromatic N) is 4. The number of rotatable bonds is 3. The molecule has 1 aliphatic rings. The molecule has 1 aliphatic heterocycles. The van der Waals surface area contributed by atoms with Gasteiger partial charge in [-0.1, -0.05) is 15.9 Å². The summed E-state index contributed by atoms with van der Waals surface area (Å²) in [6, 6.07) is 5.69. The van der Waals surface area contributed by atoms with Gasteiger partial charge in [0, 0.05) is 28.2 Å². The molecule has 2 unspecified atom stereocenters. The molecule has 6 nitrogen and oxygen atoms in total. The molecular formula is C13H16BrN5O.